The Morgan fingerprint density at radius 2 is 1.90 bits per heavy atom. The summed E-state index contributed by atoms with van der Waals surface area (Å²) < 4.78 is 35.0. The van der Waals surface area contributed by atoms with Crippen molar-refractivity contribution in [3.63, 3.8) is 0 Å². The zero-order chi connectivity index (χ0) is 20.6. The number of carbonyl (C=O) groups excluding carboxylic acids is 1. The van der Waals surface area contributed by atoms with E-state index in [1.165, 1.54) is 23.5 Å². The number of likely N-dealkylation sites (N-methyl/N-ethyl adjacent to an activating group) is 1. The Bertz CT molecular complexity index is 1080. The van der Waals surface area contributed by atoms with Gasteiger partial charge in [-0.1, -0.05) is 6.07 Å². The Balaban J connectivity index is 1.53. The van der Waals surface area contributed by atoms with Crippen molar-refractivity contribution < 1.29 is 17.9 Å². The average Bonchev–Trinajstić information content (AvgIpc) is 2.73. The van der Waals surface area contributed by atoms with E-state index in [0.29, 0.717) is 25.4 Å². The second-order valence-electron chi connectivity index (χ2n) is 7.45. The molecule has 154 valence electrons. The highest BCUT2D eigenvalue weighted by atomic mass is 32.2. The highest BCUT2D eigenvalue weighted by molar-refractivity contribution is 7.89. The quantitative estimate of drug-likeness (QED) is 0.775. The monoisotopic (exact) mass is 417 g/mol. The van der Waals surface area contributed by atoms with Crippen LogP contribution in [-0.4, -0.2) is 49.9 Å². The van der Waals surface area contributed by atoms with Gasteiger partial charge in [0.2, 0.25) is 10.0 Å². The molecule has 4 rings (SSSR count). The molecule has 0 saturated carbocycles. The van der Waals surface area contributed by atoms with Crippen LogP contribution in [-0.2, 0) is 21.4 Å². The number of aromatic nitrogens is 1. The number of pyridine rings is 1. The van der Waals surface area contributed by atoms with Gasteiger partial charge in [0.15, 0.2) is 6.61 Å². The number of amides is 1. The fourth-order valence-electron chi connectivity index (χ4n) is 4.13. The Labute approximate surface area is 169 Å². The van der Waals surface area contributed by atoms with Crippen LogP contribution >= 0.6 is 0 Å². The molecule has 1 saturated heterocycles. The van der Waals surface area contributed by atoms with Gasteiger partial charge in [0.05, 0.1) is 4.90 Å². The zero-order valence-electron chi connectivity index (χ0n) is 16.1. The van der Waals surface area contributed by atoms with E-state index < -0.39 is 10.0 Å². The minimum atomic E-state index is -3.66. The summed E-state index contributed by atoms with van der Waals surface area (Å²) in [6.07, 6.45) is 0.891. The fraction of sp³-hybridized carbons (Fsp3) is 0.400. The maximum absolute atomic E-state index is 13.2. The van der Waals surface area contributed by atoms with E-state index in [4.69, 9.17) is 4.74 Å². The van der Waals surface area contributed by atoms with Gasteiger partial charge in [-0.25, -0.2) is 8.42 Å². The van der Waals surface area contributed by atoms with Crippen LogP contribution in [0.2, 0.25) is 0 Å². The third-order valence-electron chi connectivity index (χ3n) is 5.56. The van der Waals surface area contributed by atoms with Crippen LogP contribution in [0.25, 0.3) is 0 Å². The van der Waals surface area contributed by atoms with Gasteiger partial charge in [-0.05, 0) is 42.7 Å². The molecular formula is C20H23N3O5S. The van der Waals surface area contributed by atoms with Crippen LogP contribution in [0.4, 0.5) is 0 Å². The molecule has 29 heavy (non-hydrogen) atoms. The SMILES string of the molecule is CNC(=O)COc1ccc(S(=O)(=O)N2CC3CC(C2)c2cccc(=O)n2C3)cc1. The van der Waals surface area contributed by atoms with Crippen LogP contribution in [0.15, 0.2) is 52.2 Å². The molecule has 3 heterocycles. The van der Waals surface area contributed by atoms with E-state index in [-0.39, 0.29) is 34.8 Å². The summed E-state index contributed by atoms with van der Waals surface area (Å²) in [5.41, 5.74) is 0.882. The van der Waals surface area contributed by atoms with Gasteiger partial charge in [-0.2, -0.15) is 4.31 Å². The van der Waals surface area contributed by atoms with Crippen LogP contribution in [0.5, 0.6) is 5.75 Å². The summed E-state index contributed by atoms with van der Waals surface area (Å²) in [7, 11) is -2.14. The molecular weight excluding hydrogens is 394 g/mol. The number of hydrogen-bond acceptors (Lipinski definition) is 5. The number of nitrogens with zero attached hydrogens (tertiary/aromatic N) is 2. The molecule has 1 amide bonds. The van der Waals surface area contributed by atoms with E-state index in [0.717, 1.165) is 12.1 Å². The van der Waals surface area contributed by atoms with Gasteiger partial charge in [0.1, 0.15) is 5.75 Å². The Hall–Kier alpha value is -2.65. The van der Waals surface area contributed by atoms with E-state index in [9.17, 15) is 18.0 Å². The molecule has 9 heteroatoms. The number of hydrogen-bond donors (Lipinski definition) is 1. The number of ether oxygens (including phenoxy) is 1. The van der Waals surface area contributed by atoms with Crippen LogP contribution < -0.4 is 15.6 Å². The Morgan fingerprint density at radius 1 is 1.14 bits per heavy atom. The number of sulfonamides is 1. The van der Waals surface area contributed by atoms with Crippen molar-refractivity contribution in [2.75, 3.05) is 26.7 Å². The number of nitrogens with one attached hydrogen (secondary N) is 1. The topological polar surface area (TPSA) is 97.7 Å². The van der Waals surface area contributed by atoms with Crippen LogP contribution in [0.1, 0.15) is 18.0 Å². The lowest BCUT2D eigenvalue weighted by molar-refractivity contribution is -0.122. The normalized spacial score (nSPS) is 21.3. The molecule has 1 aromatic carbocycles. The summed E-state index contributed by atoms with van der Waals surface area (Å²) in [5, 5.41) is 2.46. The number of fused-ring (bicyclic) bond motifs is 4. The molecule has 1 aromatic heterocycles. The summed E-state index contributed by atoms with van der Waals surface area (Å²) in [4.78, 5) is 23.6. The molecule has 0 radical (unpaired) electrons. The first kappa shape index (κ1) is 19.7. The van der Waals surface area contributed by atoms with E-state index in [2.05, 4.69) is 5.32 Å². The molecule has 1 fully saturated rings. The summed E-state index contributed by atoms with van der Waals surface area (Å²) in [6, 6.07) is 11.3. The molecule has 0 aliphatic carbocycles. The van der Waals surface area contributed by atoms with Crippen molar-refractivity contribution >= 4 is 15.9 Å². The number of carbonyl (C=O) groups is 1. The zero-order valence-corrected chi connectivity index (χ0v) is 16.9. The van der Waals surface area contributed by atoms with Crippen molar-refractivity contribution in [2.24, 2.45) is 5.92 Å². The first-order valence-electron chi connectivity index (χ1n) is 9.52. The lowest BCUT2D eigenvalue weighted by Crippen LogP contribution is -2.48. The van der Waals surface area contributed by atoms with Crippen molar-refractivity contribution in [3.8, 4) is 5.75 Å². The van der Waals surface area contributed by atoms with Gasteiger partial charge in [-0.3, -0.25) is 9.59 Å². The predicted octanol–water partition coefficient (Wildman–Crippen LogP) is 0.781. The summed E-state index contributed by atoms with van der Waals surface area (Å²) in [6.45, 7) is 1.17. The third kappa shape index (κ3) is 3.79. The highest BCUT2D eigenvalue weighted by Gasteiger charge is 2.39. The molecule has 8 nitrogen and oxygen atoms in total. The molecule has 2 aliphatic heterocycles. The van der Waals surface area contributed by atoms with Gasteiger partial charge >= 0.3 is 0 Å². The number of benzene rings is 1. The standard InChI is InChI=1S/C20H23N3O5S/c1-21-19(24)13-28-16-5-7-17(8-6-16)29(26,27)22-10-14-9-15(12-22)18-3-2-4-20(25)23(18)11-14/h2-8,14-15H,9-13H2,1H3,(H,21,24). The fourth-order valence-corrected chi connectivity index (χ4v) is 5.69. The summed E-state index contributed by atoms with van der Waals surface area (Å²) in [5.74, 6) is 0.296. The molecule has 2 aromatic rings. The van der Waals surface area contributed by atoms with E-state index >= 15 is 0 Å². The molecule has 2 aliphatic rings. The Morgan fingerprint density at radius 3 is 2.62 bits per heavy atom. The minimum Gasteiger partial charge on any atom is -0.484 e. The lowest BCUT2D eigenvalue weighted by atomic mass is 9.84. The first-order valence-corrected chi connectivity index (χ1v) is 11.0. The van der Waals surface area contributed by atoms with Crippen molar-refractivity contribution in [2.45, 2.75) is 23.8 Å². The minimum absolute atomic E-state index is 0.0151. The average molecular weight is 417 g/mol. The van der Waals surface area contributed by atoms with E-state index in [1.54, 1.807) is 28.8 Å². The molecule has 2 unspecified atom stereocenters. The van der Waals surface area contributed by atoms with Crippen LogP contribution in [0.3, 0.4) is 0 Å². The largest absolute Gasteiger partial charge is 0.484 e. The molecule has 2 atom stereocenters. The van der Waals surface area contributed by atoms with Gasteiger partial charge < -0.3 is 14.6 Å². The van der Waals surface area contributed by atoms with Crippen molar-refractivity contribution in [3.05, 3.63) is 58.5 Å². The van der Waals surface area contributed by atoms with Crippen LogP contribution in [0, 0.1) is 5.92 Å². The number of rotatable bonds is 5. The molecule has 2 bridgehead atoms. The maximum atomic E-state index is 13.2. The predicted molar refractivity (Wildman–Crippen MR) is 106 cm³/mol. The highest BCUT2D eigenvalue weighted by Crippen LogP contribution is 2.37. The maximum Gasteiger partial charge on any atom is 0.257 e. The second-order valence-corrected chi connectivity index (χ2v) is 9.39. The van der Waals surface area contributed by atoms with Crippen molar-refractivity contribution in [1.82, 2.24) is 14.2 Å². The van der Waals surface area contributed by atoms with Crippen molar-refractivity contribution in [1.29, 1.82) is 0 Å². The number of piperidine rings is 1. The smallest absolute Gasteiger partial charge is 0.257 e. The lowest BCUT2D eigenvalue weighted by Gasteiger charge is -2.42. The Kier molecular flexibility index (Phi) is 5.18. The van der Waals surface area contributed by atoms with E-state index in [1.807, 2.05) is 6.07 Å². The second kappa shape index (κ2) is 7.64. The van der Waals surface area contributed by atoms with Gasteiger partial charge in [0.25, 0.3) is 11.5 Å². The molecule has 1 N–H and O–H groups in total. The first-order chi connectivity index (χ1) is 13.9. The summed E-state index contributed by atoms with van der Waals surface area (Å²) >= 11 is 0. The third-order valence-corrected chi connectivity index (χ3v) is 7.40. The van der Waals surface area contributed by atoms with Gasteiger partial charge in [-0.15, -0.1) is 0 Å². The van der Waals surface area contributed by atoms with Gasteiger partial charge in [0, 0.05) is 44.4 Å². The molecule has 0 spiro atoms.